The summed E-state index contributed by atoms with van der Waals surface area (Å²) in [5.41, 5.74) is 1.42. The highest BCUT2D eigenvalue weighted by Gasteiger charge is 1.96. The lowest BCUT2D eigenvalue weighted by atomic mass is 10.1. The van der Waals surface area contributed by atoms with E-state index in [9.17, 15) is 0 Å². The van der Waals surface area contributed by atoms with Crippen molar-refractivity contribution >= 4 is 0 Å². The van der Waals surface area contributed by atoms with Crippen LogP contribution in [0.1, 0.15) is 25.3 Å². The molecular weight excluding hydrogens is 208 g/mol. The summed E-state index contributed by atoms with van der Waals surface area (Å²) in [6.45, 7) is 6.85. The maximum absolute atomic E-state index is 3.50. The monoisotopic (exact) mass is 234 g/mol. The molecule has 2 nitrogen and oxygen atoms in total. The first-order valence-corrected chi connectivity index (χ1v) is 6.76. The molecule has 2 heteroatoms. The normalized spacial score (nSPS) is 11.0. The van der Waals surface area contributed by atoms with Gasteiger partial charge in [-0.1, -0.05) is 37.3 Å². The second-order valence-electron chi connectivity index (χ2n) is 4.64. The van der Waals surface area contributed by atoms with Crippen LogP contribution >= 0.6 is 0 Å². The van der Waals surface area contributed by atoms with Crippen LogP contribution in [0.4, 0.5) is 0 Å². The maximum atomic E-state index is 3.50. The van der Waals surface area contributed by atoms with Crippen molar-refractivity contribution in [3.05, 3.63) is 35.9 Å². The van der Waals surface area contributed by atoms with Crippen molar-refractivity contribution in [3.8, 4) is 0 Å². The smallest absolute Gasteiger partial charge is 0.000834 e. The van der Waals surface area contributed by atoms with E-state index >= 15 is 0 Å². The Labute approximate surface area is 106 Å². The highest BCUT2D eigenvalue weighted by molar-refractivity contribution is 5.14. The summed E-state index contributed by atoms with van der Waals surface area (Å²) in [5.74, 6) is 0. The van der Waals surface area contributed by atoms with Crippen molar-refractivity contribution < 1.29 is 0 Å². The Morgan fingerprint density at radius 3 is 2.53 bits per heavy atom. The molecule has 1 aromatic rings. The van der Waals surface area contributed by atoms with E-state index in [2.05, 4.69) is 54.5 Å². The first-order chi connectivity index (χ1) is 8.33. The van der Waals surface area contributed by atoms with Crippen LogP contribution in [-0.2, 0) is 6.42 Å². The highest BCUT2D eigenvalue weighted by atomic mass is 15.1. The van der Waals surface area contributed by atoms with Crippen LogP contribution in [0.5, 0.6) is 0 Å². The quantitative estimate of drug-likeness (QED) is 0.661. The minimum atomic E-state index is 1.08. The summed E-state index contributed by atoms with van der Waals surface area (Å²) in [4.78, 5) is 2.40. The second kappa shape index (κ2) is 9.20. The number of hydrogen-bond donors (Lipinski definition) is 1. The Morgan fingerprint density at radius 2 is 1.82 bits per heavy atom. The van der Waals surface area contributed by atoms with E-state index in [0.717, 1.165) is 19.5 Å². The summed E-state index contributed by atoms with van der Waals surface area (Å²) in [6, 6.07) is 10.7. The number of nitrogens with zero attached hydrogens (tertiary/aromatic N) is 1. The molecule has 1 N–H and O–H groups in total. The number of rotatable bonds is 9. The Kier molecular flexibility index (Phi) is 7.69. The predicted molar refractivity (Wildman–Crippen MR) is 75.4 cm³/mol. The molecule has 1 rings (SSSR count). The van der Waals surface area contributed by atoms with Gasteiger partial charge in [0.15, 0.2) is 0 Å². The van der Waals surface area contributed by atoms with Crippen molar-refractivity contribution in [2.24, 2.45) is 0 Å². The van der Waals surface area contributed by atoms with Crippen LogP contribution in [0.2, 0.25) is 0 Å². The van der Waals surface area contributed by atoms with Crippen molar-refractivity contribution in [2.45, 2.75) is 26.2 Å². The molecule has 96 valence electrons. The fraction of sp³-hybridized carbons (Fsp3) is 0.600. The first-order valence-electron chi connectivity index (χ1n) is 6.76. The van der Waals surface area contributed by atoms with Gasteiger partial charge in [0.05, 0.1) is 0 Å². The molecule has 0 aliphatic heterocycles. The van der Waals surface area contributed by atoms with Gasteiger partial charge in [0.25, 0.3) is 0 Å². The van der Waals surface area contributed by atoms with Crippen molar-refractivity contribution in [1.29, 1.82) is 0 Å². The van der Waals surface area contributed by atoms with E-state index in [1.807, 2.05) is 0 Å². The molecule has 0 aliphatic rings. The summed E-state index contributed by atoms with van der Waals surface area (Å²) >= 11 is 0. The van der Waals surface area contributed by atoms with E-state index in [4.69, 9.17) is 0 Å². The number of nitrogens with one attached hydrogen (secondary N) is 1. The van der Waals surface area contributed by atoms with Gasteiger partial charge in [0.2, 0.25) is 0 Å². The Balaban J connectivity index is 1.95. The van der Waals surface area contributed by atoms with E-state index in [1.54, 1.807) is 0 Å². The van der Waals surface area contributed by atoms with Crippen molar-refractivity contribution in [2.75, 3.05) is 33.2 Å². The molecule has 0 atom stereocenters. The van der Waals surface area contributed by atoms with Crippen molar-refractivity contribution in [3.63, 3.8) is 0 Å². The lowest BCUT2D eigenvalue weighted by Crippen LogP contribution is -2.25. The van der Waals surface area contributed by atoms with Gasteiger partial charge in [0, 0.05) is 0 Å². The first kappa shape index (κ1) is 14.2. The zero-order valence-corrected chi connectivity index (χ0v) is 11.3. The van der Waals surface area contributed by atoms with Gasteiger partial charge in [0.1, 0.15) is 0 Å². The zero-order chi connectivity index (χ0) is 12.3. The third kappa shape index (κ3) is 7.14. The van der Waals surface area contributed by atoms with E-state index < -0.39 is 0 Å². The summed E-state index contributed by atoms with van der Waals surface area (Å²) in [6.07, 6.45) is 3.62. The number of hydrogen-bond acceptors (Lipinski definition) is 2. The highest BCUT2D eigenvalue weighted by Crippen LogP contribution is 1.98. The molecule has 0 saturated heterocycles. The summed E-state index contributed by atoms with van der Waals surface area (Å²) in [5, 5.41) is 3.50. The largest absolute Gasteiger partial charge is 0.316 e. The molecule has 0 amide bonds. The SMILES string of the molecule is CCCN(C)CCCNCCc1ccccc1. The van der Waals surface area contributed by atoms with Gasteiger partial charge < -0.3 is 10.2 Å². The van der Waals surface area contributed by atoms with Crippen LogP contribution in [0.25, 0.3) is 0 Å². The average molecular weight is 234 g/mol. The Morgan fingerprint density at radius 1 is 1.06 bits per heavy atom. The third-order valence-electron chi connectivity index (χ3n) is 2.93. The van der Waals surface area contributed by atoms with Gasteiger partial charge in [-0.15, -0.1) is 0 Å². The van der Waals surface area contributed by atoms with Crippen LogP contribution < -0.4 is 5.32 Å². The fourth-order valence-corrected chi connectivity index (χ4v) is 1.97. The van der Waals surface area contributed by atoms with Gasteiger partial charge >= 0.3 is 0 Å². The predicted octanol–water partition coefficient (Wildman–Crippen LogP) is 2.55. The maximum Gasteiger partial charge on any atom is -0.000834 e. The van der Waals surface area contributed by atoms with Gasteiger partial charge in [-0.25, -0.2) is 0 Å². The molecule has 0 heterocycles. The minimum absolute atomic E-state index is 1.08. The van der Waals surface area contributed by atoms with Crippen LogP contribution in [0.15, 0.2) is 30.3 Å². The summed E-state index contributed by atoms with van der Waals surface area (Å²) in [7, 11) is 2.20. The van der Waals surface area contributed by atoms with Gasteiger partial charge in [-0.3, -0.25) is 0 Å². The van der Waals surface area contributed by atoms with E-state index in [1.165, 1.54) is 31.5 Å². The molecular formula is C15H26N2. The lowest BCUT2D eigenvalue weighted by molar-refractivity contribution is 0.327. The molecule has 0 spiro atoms. The van der Waals surface area contributed by atoms with Gasteiger partial charge in [-0.05, 0) is 58.1 Å². The zero-order valence-electron chi connectivity index (χ0n) is 11.3. The molecule has 0 radical (unpaired) electrons. The topological polar surface area (TPSA) is 15.3 Å². The van der Waals surface area contributed by atoms with Crippen LogP contribution in [-0.4, -0.2) is 38.1 Å². The molecule has 1 aromatic carbocycles. The van der Waals surface area contributed by atoms with Crippen molar-refractivity contribution in [1.82, 2.24) is 10.2 Å². The van der Waals surface area contributed by atoms with Crippen LogP contribution in [0, 0.1) is 0 Å². The summed E-state index contributed by atoms with van der Waals surface area (Å²) < 4.78 is 0. The fourth-order valence-electron chi connectivity index (χ4n) is 1.97. The minimum Gasteiger partial charge on any atom is -0.316 e. The third-order valence-corrected chi connectivity index (χ3v) is 2.93. The average Bonchev–Trinajstić information content (AvgIpc) is 2.35. The molecule has 0 fully saturated rings. The van der Waals surface area contributed by atoms with E-state index in [-0.39, 0.29) is 0 Å². The molecule has 0 aromatic heterocycles. The second-order valence-corrected chi connectivity index (χ2v) is 4.64. The molecule has 0 bridgehead atoms. The Hall–Kier alpha value is -0.860. The Bertz CT molecular complexity index is 272. The molecule has 17 heavy (non-hydrogen) atoms. The standard InChI is InChI=1S/C15H26N2/c1-3-13-17(2)14-7-11-16-12-10-15-8-5-4-6-9-15/h4-6,8-9,16H,3,7,10-14H2,1-2H3. The van der Waals surface area contributed by atoms with Crippen LogP contribution in [0.3, 0.4) is 0 Å². The molecule has 0 unspecified atom stereocenters. The van der Waals surface area contributed by atoms with E-state index in [0.29, 0.717) is 0 Å². The number of benzene rings is 1. The molecule has 0 saturated carbocycles. The lowest BCUT2D eigenvalue weighted by Gasteiger charge is -2.15. The molecule has 0 aliphatic carbocycles. The van der Waals surface area contributed by atoms with Gasteiger partial charge in [-0.2, -0.15) is 0 Å².